The van der Waals surface area contributed by atoms with Crippen LogP contribution in [-0.4, -0.2) is 47.3 Å². The molecular formula is C20H26N2O2. The minimum atomic E-state index is 0.0470. The van der Waals surface area contributed by atoms with Gasteiger partial charge in [-0.3, -0.25) is 9.59 Å². The molecule has 0 aromatic heterocycles. The van der Waals surface area contributed by atoms with Gasteiger partial charge in [0.1, 0.15) is 0 Å². The van der Waals surface area contributed by atoms with Crippen LogP contribution in [-0.2, 0) is 22.4 Å². The van der Waals surface area contributed by atoms with Gasteiger partial charge in [-0.1, -0.05) is 37.1 Å². The van der Waals surface area contributed by atoms with Crippen LogP contribution >= 0.6 is 0 Å². The Balaban J connectivity index is 1.38. The number of hydrogen-bond acceptors (Lipinski definition) is 2. The first-order valence-electron chi connectivity index (χ1n) is 9.37. The number of rotatable bonds is 2. The van der Waals surface area contributed by atoms with Crippen molar-refractivity contribution in [2.75, 3.05) is 19.6 Å². The zero-order valence-corrected chi connectivity index (χ0v) is 14.2. The highest BCUT2D eigenvalue weighted by molar-refractivity contribution is 5.87. The van der Waals surface area contributed by atoms with Crippen molar-refractivity contribution < 1.29 is 9.59 Å². The van der Waals surface area contributed by atoms with Crippen molar-refractivity contribution >= 4 is 11.8 Å². The zero-order chi connectivity index (χ0) is 16.5. The Kier molecular flexibility index (Phi) is 4.30. The standard InChI is InChI=1S/C20H26N2O2/c23-19-14-21(11-12-22(19)18-7-3-4-8-18)20(24)17-10-9-15-5-1-2-6-16(15)13-17/h1-2,5-6,17-18H,3-4,7-14H2/t17-/m0/s1. The highest BCUT2D eigenvalue weighted by Crippen LogP contribution is 2.28. The Bertz CT molecular complexity index is 636. The van der Waals surface area contributed by atoms with E-state index < -0.39 is 0 Å². The molecule has 3 aliphatic rings. The Labute approximate surface area is 143 Å². The minimum absolute atomic E-state index is 0.0470. The van der Waals surface area contributed by atoms with E-state index in [9.17, 15) is 9.59 Å². The Morgan fingerprint density at radius 2 is 1.75 bits per heavy atom. The fraction of sp³-hybridized carbons (Fsp3) is 0.600. The number of fused-ring (bicyclic) bond motifs is 1. The second-order valence-corrected chi connectivity index (χ2v) is 7.49. The molecule has 4 rings (SSSR count). The highest BCUT2D eigenvalue weighted by atomic mass is 16.2. The lowest BCUT2D eigenvalue weighted by Gasteiger charge is -2.39. The van der Waals surface area contributed by atoms with Crippen LogP contribution in [0.1, 0.15) is 43.2 Å². The molecule has 0 unspecified atom stereocenters. The van der Waals surface area contributed by atoms with Crippen LogP contribution in [0, 0.1) is 5.92 Å². The maximum atomic E-state index is 12.9. The molecule has 1 saturated heterocycles. The highest BCUT2D eigenvalue weighted by Gasteiger charge is 2.35. The number of piperazine rings is 1. The SMILES string of the molecule is O=C([C@H]1CCc2ccccc2C1)N1CCN(C2CCCC2)C(=O)C1. The number of carbonyl (C=O) groups is 2. The van der Waals surface area contributed by atoms with Crippen LogP contribution in [0.3, 0.4) is 0 Å². The van der Waals surface area contributed by atoms with E-state index >= 15 is 0 Å². The van der Waals surface area contributed by atoms with Gasteiger partial charge in [0.25, 0.3) is 0 Å². The predicted molar refractivity (Wildman–Crippen MR) is 92.5 cm³/mol. The predicted octanol–water partition coefficient (Wildman–Crippen LogP) is 2.40. The monoisotopic (exact) mass is 326 g/mol. The molecule has 2 aliphatic carbocycles. The molecule has 4 nitrogen and oxygen atoms in total. The maximum Gasteiger partial charge on any atom is 0.242 e. The van der Waals surface area contributed by atoms with Crippen LogP contribution in [0.15, 0.2) is 24.3 Å². The van der Waals surface area contributed by atoms with Crippen molar-refractivity contribution in [3.8, 4) is 0 Å². The summed E-state index contributed by atoms with van der Waals surface area (Å²) >= 11 is 0. The molecule has 0 radical (unpaired) electrons. The van der Waals surface area contributed by atoms with Gasteiger partial charge in [0.2, 0.25) is 11.8 Å². The normalized spacial score (nSPS) is 25.0. The van der Waals surface area contributed by atoms with E-state index in [0.717, 1.165) is 38.6 Å². The Morgan fingerprint density at radius 1 is 1.00 bits per heavy atom. The molecule has 0 N–H and O–H groups in total. The van der Waals surface area contributed by atoms with Crippen LogP contribution < -0.4 is 0 Å². The number of benzene rings is 1. The van der Waals surface area contributed by atoms with Crippen molar-refractivity contribution in [3.05, 3.63) is 35.4 Å². The Morgan fingerprint density at radius 3 is 2.50 bits per heavy atom. The van der Waals surface area contributed by atoms with E-state index in [1.54, 1.807) is 0 Å². The third-order valence-electron chi connectivity index (χ3n) is 6.03. The molecule has 128 valence electrons. The molecular weight excluding hydrogens is 300 g/mol. The van der Waals surface area contributed by atoms with Gasteiger partial charge in [-0.15, -0.1) is 0 Å². The average molecular weight is 326 g/mol. The number of carbonyl (C=O) groups excluding carboxylic acids is 2. The summed E-state index contributed by atoms with van der Waals surface area (Å²) in [5.41, 5.74) is 2.68. The second kappa shape index (κ2) is 6.58. The van der Waals surface area contributed by atoms with Gasteiger partial charge in [-0.25, -0.2) is 0 Å². The molecule has 1 aromatic rings. The number of hydrogen-bond donors (Lipinski definition) is 0. The van der Waals surface area contributed by atoms with E-state index in [4.69, 9.17) is 0 Å². The summed E-state index contributed by atoms with van der Waals surface area (Å²) < 4.78 is 0. The molecule has 0 spiro atoms. The zero-order valence-electron chi connectivity index (χ0n) is 14.2. The fourth-order valence-electron chi connectivity index (χ4n) is 4.64. The van der Waals surface area contributed by atoms with Gasteiger partial charge >= 0.3 is 0 Å². The lowest BCUT2D eigenvalue weighted by molar-refractivity contribution is -0.149. The van der Waals surface area contributed by atoms with E-state index in [1.807, 2.05) is 9.80 Å². The molecule has 1 heterocycles. The topological polar surface area (TPSA) is 40.6 Å². The summed E-state index contributed by atoms with van der Waals surface area (Å²) in [6, 6.07) is 8.85. The number of amides is 2. The van der Waals surface area contributed by atoms with Crippen LogP contribution in [0.5, 0.6) is 0 Å². The first-order valence-corrected chi connectivity index (χ1v) is 9.37. The van der Waals surface area contributed by atoms with Crippen molar-refractivity contribution in [1.29, 1.82) is 0 Å². The molecule has 1 atom stereocenters. The van der Waals surface area contributed by atoms with Gasteiger partial charge in [-0.2, -0.15) is 0 Å². The van der Waals surface area contributed by atoms with E-state index in [0.29, 0.717) is 12.6 Å². The molecule has 2 fully saturated rings. The third-order valence-corrected chi connectivity index (χ3v) is 6.03. The summed E-state index contributed by atoms with van der Waals surface area (Å²) in [6.45, 7) is 1.71. The van der Waals surface area contributed by atoms with Crippen LogP contribution in [0.4, 0.5) is 0 Å². The third kappa shape index (κ3) is 2.94. The molecule has 0 bridgehead atoms. The maximum absolute atomic E-state index is 12.9. The molecule has 1 aromatic carbocycles. The number of aryl methyl sites for hydroxylation is 1. The van der Waals surface area contributed by atoms with Crippen LogP contribution in [0.2, 0.25) is 0 Å². The molecule has 1 aliphatic heterocycles. The van der Waals surface area contributed by atoms with E-state index in [1.165, 1.54) is 24.0 Å². The van der Waals surface area contributed by atoms with E-state index in [2.05, 4.69) is 24.3 Å². The van der Waals surface area contributed by atoms with Crippen molar-refractivity contribution in [3.63, 3.8) is 0 Å². The van der Waals surface area contributed by atoms with Gasteiger partial charge in [0.05, 0.1) is 6.54 Å². The van der Waals surface area contributed by atoms with E-state index in [-0.39, 0.29) is 24.3 Å². The minimum Gasteiger partial charge on any atom is -0.336 e. The van der Waals surface area contributed by atoms with Crippen molar-refractivity contribution in [1.82, 2.24) is 9.80 Å². The molecule has 1 saturated carbocycles. The Hall–Kier alpha value is -1.84. The summed E-state index contributed by atoms with van der Waals surface area (Å²) in [6.07, 6.45) is 7.46. The summed E-state index contributed by atoms with van der Waals surface area (Å²) in [5.74, 6) is 0.382. The smallest absolute Gasteiger partial charge is 0.242 e. The van der Waals surface area contributed by atoms with Gasteiger partial charge < -0.3 is 9.80 Å². The van der Waals surface area contributed by atoms with Gasteiger partial charge in [-0.05, 0) is 43.2 Å². The lowest BCUT2D eigenvalue weighted by atomic mass is 9.83. The first kappa shape index (κ1) is 15.7. The van der Waals surface area contributed by atoms with Crippen molar-refractivity contribution in [2.24, 2.45) is 5.92 Å². The van der Waals surface area contributed by atoms with Gasteiger partial charge in [0.15, 0.2) is 0 Å². The quantitative estimate of drug-likeness (QED) is 0.837. The summed E-state index contributed by atoms with van der Waals surface area (Å²) in [5, 5.41) is 0. The second-order valence-electron chi connectivity index (χ2n) is 7.49. The van der Waals surface area contributed by atoms with Crippen LogP contribution in [0.25, 0.3) is 0 Å². The average Bonchev–Trinajstić information content (AvgIpc) is 3.15. The largest absolute Gasteiger partial charge is 0.336 e. The molecule has 4 heteroatoms. The number of nitrogens with zero attached hydrogens (tertiary/aromatic N) is 2. The lowest BCUT2D eigenvalue weighted by Crippen LogP contribution is -2.56. The summed E-state index contributed by atoms with van der Waals surface area (Å²) in [4.78, 5) is 29.2. The fourth-order valence-corrected chi connectivity index (χ4v) is 4.64. The molecule has 2 amide bonds. The van der Waals surface area contributed by atoms with Gasteiger partial charge in [0, 0.05) is 25.0 Å². The van der Waals surface area contributed by atoms with Crippen molar-refractivity contribution in [2.45, 2.75) is 51.0 Å². The summed E-state index contributed by atoms with van der Waals surface area (Å²) in [7, 11) is 0. The first-order chi connectivity index (χ1) is 11.7. The molecule has 24 heavy (non-hydrogen) atoms.